The van der Waals surface area contributed by atoms with Crippen LogP contribution in [-0.2, 0) is 21.5 Å². The summed E-state index contributed by atoms with van der Waals surface area (Å²) in [5, 5.41) is 0.463. The predicted molar refractivity (Wildman–Crippen MR) is 127 cm³/mol. The summed E-state index contributed by atoms with van der Waals surface area (Å²) in [6.45, 7) is 0.874. The largest absolute Gasteiger partial charge is 0.406 e. The minimum Gasteiger partial charge on any atom is -0.332 e. The van der Waals surface area contributed by atoms with Gasteiger partial charge in [-0.15, -0.1) is 0 Å². The van der Waals surface area contributed by atoms with Gasteiger partial charge in [-0.25, -0.2) is 0 Å². The van der Waals surface area contributed by atoms with Crippen LogP contribution in [0, 0.1) is 0 Å². The molecule has 0 aromatic heterocycles. The normalized spacial score (nSPS) is 22.7. The van der Waals surface area contributed by atoms with Crippen LogP contribution in [0.25, 0.3) is 0 Å². The first-order valence-corrected chi connectivity index (χ1v) is 12.3. The number of nitrogens with zero attached hydrogens (tertiary/aromatic N) is 3. The molecule has 5 nitrogen and oxygen atoms in total. The maximum atomic E-state index is 14.0. The zero-order chi connectivity index (χ0) is 24.8. The molecule has 0 N–H and O–H groups in total. The Hall–Kier alpha value is -2.58. The SMILES string of the molecule is O=C1[C@@H](N2C(=O)C3(CCN(Cc4ccccc4)CC3)c3c(Cl)cccc32)CCCN1CC(F)(F)F. The number of rotatable bonds is 4. The molecule has 3 aliphatic rings. The van der Waals surface area contributed by atoms with E-state index in [4.69, 9.17) is 11.6 Å². The third-order valence-corrected chi connectivity index (χ3v) is 7.82. The van der Waals surface area contributed by atoms with Gasteiger partial charge in [0, 0.05) is 23.7 Å². The molecule has 2 fully saturated rings. The zero-order valence-corrected chi connectivity index (χ0v) is 20.0. The number of carbonyl (C=O) groups is 2. The van der Waals surface area contributed by atoms with Gasteiger partial charge in [0.2, 0.25) is 11.8 Å². The highest BCUT2D eigenvalue weighted by atomic mass is 35.5. The summed E-state index contributed by atoms with van der Waals surface area (Å²) in [6, 6.07) is 14.4. The molecule has 3 aliphatic heterocycles. The Kier molecular flexibility index (Phi) is 6.30. The molecule has 2 aromatic carbocycles. The summed E-state index contributed by atoms with van der Waals surface area (Å²) in [6.07, 6.45) is -2.66. The van der Waals surface area contributed by atoms with E-state index in [1.807, 2.05) is 18.2 Å². The highest BCUT2D eigenvalue weighted by Crippen LogP contribution is 2.52. The van der Waals surface area contributed by atoms with E-state index in [0.717, 1.165) is 11.4 Å². The van der Waals surface area contributed by atoms with Crippen molar-refractivity contribution in [2.24, 2.45) is 0 Å². The highest BCUT2D eigenvalue weighted by molar-refractivity contribution is 6.33. The Morgan fingerprint density at radius 2 is 1.69 bits per heavy atom. The first-order valence-electron chi connectivity index (χ1n) is 11.9. The molecule has 0 aliphatic carbocycles. The van der Waals surface area contributed by atoms with Gasteiger partial charge in [0.25, 0.3) is 0 Å². The molecule has 1 atom stereocenters. The van der Waals surface area contributed by atoms with Crippen LogP contribution in [0.3, 0.4) is 0 Å². The Morgan fingerprint density at radius 3 is 2.37 bits per heavy atom. The van der Waals surface area contributed by atoms with E-state index in [1.54, 1.807) is 18.2 Å². The molecule has 5 rings (SSSR count). The van der Waals surface area contributed by atoms with E-state index in [1.165, 1.54) is 10.5 Å². The molecule has 1 spiro atoms. The van der Waals surface area contributed by atoms with Crippen LogP contribution in [0.2, 0.25) is 5.02 Å². The third kappa shape index (κ3) is 4.42. The molecular formula is C26H27ClF3N3O2. The van der Waals surface area contributed by atoms with Gasteiger partial charge in [-0.3, -0.25) is 19.4 Å². The van der Waals surface area contributed by atoms with Crippen molar-refractivity contribution in [3.05, 3.63) is 64.7 Å². The summed E-state index contributed by atoms with van der Waals surface area (Å²) in [7, 11) is 0. The number of anilines is 1. The standard InChI is InChI=1S/C26H27ClF3N3O2/c27-19-8-4-9-20-22(19)25(11-14-31(15-12-25)16-18-6-2-1-3-7-18)24(35)33(20)21-10-5-13-32(23(21)34)17-26(28,29)30/h1-4,6-9,21H,5,10-17H2/t21-/m0/s1. The van der Waals surface area contributed by atoms with Gasteiger partial charge in [0.1, 0.15) is 12.6 Å². The lowest BCUT2D eigenvalue weighted by Crippen LogP contribution is -2.58. The number of carbonyl (C=O) groups excluding carboxylic acids is 2. The number of piperidine rings is 2. The first-order chi connectivity index (χ1) is 16.7. The molecular weight excluding hydrogens is 479 g/mol. The van der Waals surface area contributed by atoms with Gasteiger partial charge >= 0.3 is 6.18 Å². The minimum atomic E-state index is -4.49. The van der Waals surface area contributed by atoms with Crippen molar-refractivity contribution in [3.8, 4) is 0 Å². The second kappa shape index (κ2) is 9.13. The quantitative estimate of drug-likeness (QED) is 0.601. The molecule has 0 saturated carbocycles. The summed E-state index contributed by atoms with van der Waals surface area (Å²) < 4.78 is 39.2. The van der Waals surface area contributed by atoms with E-state index in [-0.39, 0.29) is 12.5 Å². The van der Waals surface area contributed by atoms with Gasteiger partial charge in [-0.2, -0.15) is 13.2 Å². The molecule has 0 bridgehead atoms. The van der Waals surface area contributed by atoms with Crippen molar-refractivity contribution in [2.75, 3.05) is 31.1 Å². The number of halogens is 4. The van der Waals surface area contributed by atoms with E-state index < -0.39 is 30.1 Å². The van der Waals surface area contributed by atoms with Crippen molar-refractivity contribution in [1.29, 1.82) is 0 Å². The number of alkyl halides is 3. The van der Waals surface area contributed by atoms with Crippen LogP contribution in [0.1, 0.15) is 36.8 Å². The number of likely N-dealkylation sites (tertiary alicyclic amines) is 2. The lowest BCUT2D eigenvalue weighted by atomic mass is 9.73. The molecule has 2 aromatic rings. The molecule has 0 unspecified atom stereocenters. The molecule has 0 radical (unpaired) electrons. The number of hydrogen-bond donors (Lipinski definition) is 0. The molecule has 2 amide bonds. The van der Waals surface area contributed by atoms with E-state index >= 15 is 0 Å². The van der Waals surface area contributed by atoms with Crippen LogP contribution < -0.4 is 4.90 Å². The topological polar surface area (TPSA) is 43.9 Å². The van der Waals surface area contributed by atoms with Crippen molar-refractivity contribution < 1.29 is 22.8 Å². The smallest absolute Gasteiger partial charge is 0.332 e. The Labute approximate surface area is 207 Å². The fourth-order valence-corrected chi connectivity index (χ4v) is 6.23. The summed E-state index contributed by atoms with van der Waals surface area (Å²) in [5.41, 5.74) is 1.60. The second-order valence-corrected chi connectivity index (χ2v) is 10.1. The highest BCUT2D eigenvalue weighted by Gasteiger charge is 2.56. The molecule has 2 saturated heterocycles. The average molecular weight is 506 g/mol. The van der Waals surface area contributed by atoms with Gasteiger partial charge in [0.05, 0.1) is 11.1 Å². The van der Waals surface area contributed by atoms with Crippen molar-refractivity contribution in [1.82, 2.24) is 9.80 Å². The van der Waals surface area contributed by atoms with E-state index in [2.05, 4.69) is 17.0 Å². The summed E-state index contributed by atoms with van der Waals surface area (Å²) >= 11 is 6.64. The van der Waals surface area contributed by atoms with Gasteiger partial charge in [-0.1, -0.05) is 48.0 Å². The summed E-state index contributed by atoms with van der Waals surface area (Å²) in [4.78, 5) is 31.8. The maximum absolute atomic E-state index is 14.0. The Morgan fingerprint density at radius 1 is 0.971 bits per heavy atom. The van der Waals surface area contributed by atoms with Gasteiger partial charge < -0.3 is 4.90 Å². The zero-order valence-electron chi connectivity index (χ0n) is 19.2. The van der Waals surface area contributed by atoms with Crippen LogP contribution in [0.4, 0.5) is 18.9 Å². The number of benzene rings is 2. The predicted octanol–water partition coefficient (Wildman–Crippen LogP) is 4.77. The number of fused-ring (bicyclic) bond motifs is 2. The lowest BCUT2D eigenvalue weighted by molar-refractivity contribution is -0.164. The Balaban J connectivity index is 1.42. The molecule has 35 heavy (non-hydrogen) atoms. The fourth-order valence-electron chi connectivity index (χ4n) is 5.87. The van der Waals surface area contributed by atoms with Crippen LogP contribution in [0.15, 0.2) is 48.5 Å². The fraction of sp³-hybridized carbons (Fsp3) is 0.462. The first kappa shape index (κ1) is 24.1. The van der Waals surface area contributed by atoms with E-state index in [0.29, 0.717) is 55.0 Å². The van der Waals surface area contributed by atoms with Crippen molar-refractivity contribution >= 4 is 29.1 Å². The van der Waals surface area contributed by atoms with Crippen LogP contribution in [-0.4, -0.2) is 60.0 Å². The number of hydrogen-bond acceptors (Lipinski definition) is 3. The van der Waals surface area contributed by atoms with Crippen molar-refractivity contribution in [3.63, 3.8) is 0 Å². The third-order valence-electron chi connectivity index (χ3n) is 7.50. The lowest BCUT2D eigenvalue weighted by Gasteiger charge is -2.40. The monoisotopic (exact) mass is 505 g/mol. The van der Waals surface area contributed by atoms with Crippen LogP contribution >= 0.6 is 11.6 Å². The molecule has 186 valence electrons. The second-order valence-electron chi connectivity index (χ2n) is 9.69. The van der Waals surface area contributed by atoms with Crippen LogP contribution in [0.5, 0.6) is 0 Å². The maximum Gasteiger partial charge on any atom is 0.406 e. The Bertz CT molecular complexity index is 1120. The van der Waals surface area contributed by atoms with Crippen molar-refractivity contribution in [2.45, 2.75) is 49.9 Å². The molecule has 3 heterocycles. The summed E-state index contributed by atoms with van der Waals surface area (Å²) in [5.74, 6) is -0.862. The van der Waals surface area contributed by atoms with Gasteiger partial charge in [-0.05, 0) is 56.5 Å². The average Bonchev–Trinajstić information content (AvgIpc) is 3.05. The number of amides is 2. The van der Waals surface area contributed by atoms with E-state index in [9.17, 15) is 22.8 Å². The van der Waals surface area contributed by atoms with Gasteiger partial charge in [0.15, 0.2) is 0 Å². The molecule has 9 heteroatoms. The minimum absolute atomic E-state index is 0.0405.